The molecule has 1 aliphatic rings. The van der Waals surface area contributed by atoms with Crippen molar-refractivity contribution in [2.24, 2.45) is 0 Å². The minimum Gasteiger partial charge on any atom is -0.457 e. The maximum atomic E-state index is 13.6. The number of benzene rings is 3. The Labute approximate surface area is 240 Å². The van der Waals surface area contributed by atoms with Crippen molar-refractivity contribution in [1.82, 2.24) is 14.9 Å². The molecule has 0 radical (unpaired) electrons. The second kappa shape index (κ2) is 10.7. The Morgan fingerprint density at radius 1 is 0.829 bits per heavy atom. The molecular weight excluding hydrogens is 545 g/mol. The first-order chi connectivity index (χ1) is 19.8. The van der Waals surface area contributed by atoms with Crippen LogP contribution in [0.4, 0.5) is 18.9 Å². The summed E-state index contributed by atoms with van der Waals surface area (Å²) in [5.41, 5.74) is 3.16. The van der Waals surface area contributed by atoms with Gasteiger partial charge >= 0.3 is 6.18 Å². The summed E-state index contributed by atoms with van der Waals surface area (Å²) >= 11 is 5.83. The molecule has 2 atom stereocenters. The van der Waals surface area contributed by atoms with E-state index in [0.29, 0.717) is 16.5 Å². The van der Waals surface area contributed by atoms with Crippen molar-refractivity contribution >= 4 is 23.0 Å². The Hall–Kier alpha value is -4.63. The minimum absolute atomic E-state index is 0.355. The number of ether oxygens (including phenoxy) is 1. The van der Waals surface area contributed by atoms with Gasteiger partial charge in [-0.05, 0) is 98.0 Å². The Morgan fingerprint density at radius 3 is 2.24 bits per heavy atom. The average molecular weight is 571 g/mol. The van der Waals surface area contributed by atoms with Crippen LogP contribution in [-0.2, 0) is 6.18 Å². The van der Waals surface area contributed by atoms with E-state index in [1.807, 2.05) is 90.7 Å². The van der Waals surface area contributed by atoms with Gasteiger partial charge in [-0.2, -0.15) is 13.2 Å². The zero-order valence-corrected chi connectivity index (χ0v) is 22.7. The van der Waals surface area contributed by atoms with Crippen LogP contribution in [0.3, 0.4) is 0 Å². The number of hydrogen-bond donors (Lipinski definition) is 1. The predicted molar refractivity (Wildman–Crippen MR) is 156 cm³/mol. The van der Waals surface area contributed by atoms with Crippen molar-refractivity contribution in [2.45, 2.75) is 25.2 Å². The lowest BCUT2D eigenvalue weighted by Gasteiger charge is -2.29. The van der Waals surface area contributed by atoms with Crippen LogP contribution in [0.1, 0.15) is 34.6 Å². The molecule has 41 heavy (non-hydrogen) atoms. The highest BCUT2D eigenvalue weighted by Crippen LogP contribution is 2.43. The molecule has 5 aromatic rings. The number of alkyl halides is 3. The molecule has 1 N–H and O–H groups in total. The van der Waals surface area contributed by atoms with Gasteiger partial charge in [-0.25, -0.2) is 0 Å². The number of pyridine rings is 1. The molecule has 5 nitrogen and oxygen atoms in total. The summed E-state index contributed by atoms with van der Waals surface area (Å²) in [6.45, 7) is 2.02. The fourth-order valence-electron chi connectivity index (χ4n) is 5.05. The smallest absolute Gasteiger partial charge is 0.416 e. The van der Waals surface area contributed by atoms with Gasteiger partial charge in [0.1, 0.15) is 17.5 Å². The summed E-state index contributed by atoms with van der Waals surface area (Å²) < 4.78 is 48.4. The zero-order valence-electron chi connectivity index (χ0n) is 21.9. The Balaban J connectivity index is 1.40. The standard InChI is InChI=1S/C32H25F3N4OS/c1-21-10-14-25(15-11-21)40-26-16-12-23(13-17-26)39-30(29(37-31(39)41)27-8-2-3-18-36-27)28-9-5-19-38(28)24-7-4-6-22(20-24)32(33,34)35/h2-20,29-30H,1H3,(H,37,41)/t29-,30-/m1/s1. The SMILES string of the molecule is Cc1ccc(Oc2ccc(N3C(=S)N[C@H](c4ccccn4)[C@H]3c3cccn3-c3cccc(C(F)(F)F)c3)cc2)cc1. The van der Waals surface area contributed by atoms with Crippen LogP contribution in [0, 0.1) is 6.92 Å². The second-order valence-corrected chi connectivity index (χ2v) is 10.1. The van der Waals surface area contributed by atoms with Gasteiger partial charge in [0.25, 0.3) is 0 Å². The Kier molecular flexibility index (Phi) is 6.96. The maximum Gasteiger partial charge on any atom is 0.416 e. The molecule has 9 heteroatoms. The van der Waals surface area contributed by atoms with Crippen molar-refractivity contribution in [1.29, 1.82) is 0 Å². The van der Waals surface area contributed by atoms with Gasteiger partial charge in [0, 0.05) is 29.5 Å². The molecule has 2 aromatic heterocycles. The normalized spacial score (nSPS) is 17.0. The molecule has 0 spiro atoms. The molecular formula is C32H25F3N4OS. The number of hydrogen-bond acceptors (Lipinski definition) is 3. The molecule has 0 aliphatic carbocycles. The summed E-state index contributed by atoms with van der Waals surface area (Å²) in [4.78, 5) is 6.55. The topological polar surface area (TPSA) is 42.3 Å². The molecule has 6 rings (SSSR count). The third kappa shape index (κ3) is 5.40. The van der Waals surface area contributed by atoms with Crippen LogP contribution in [0.2, 0.25) is 0 Å². The minimum atomic E-state index is -4.45. The van der Waals surface area contributed by atoms with E-state index in [4.69, 9.17) is 17.0 Å². The summed E-state index contributed by atoms with van der Waals surface area (Å²) in [7, 11) is 0. The zero-order chi connectivity index (χ0) is 28.6. The quantitative estimate of drug-likeness (QED) is 0.209. The molecule has 1 fully saturated rings. The summed E-state index contributed by atoms with van der Waals surface area (Å²) in [5.74, 6) is 1.40. The van der Waals surface area contributed by atoms with Crippen molar-refractivity contribution in [3.8, 4) is 17.2 Å². The molecule has 0 saturated carbocycles. The van der Waals surface area contributed by atoms with Crippen LogP contribution in [0.25, 0.3) is 5.69 Å². The van der Waals surface area contributed by atoms with E-state index in [2.05, 4.69) is 10.3 Å². The molecule has 3 heterocycles. The number of nitrogens with zero attached hydrogens (tertiary/aromatic N) is 3. The van der Waals surface area contributed by atoms with Crippen LogP contribution in [0.15, 0.2) is 116 Å². The largest absolute Gasteiger partial charge is 0.457 e. The van der Waals surface area contributed by atoms with Gasteiger partial charge in [0.2, 0.25) is 0 Å². The summed E-state index contributed by atoms with van der Waals surface area (Å²) in [6.07, 6.45) is -0.980. The van der Waals surface area contributed by atoms with Crippen molar-refractivity contribution in [3.05, 3.63) is 138 Å². The number of anilines is 1. The second-order valence-electron chi connectivity index (χ2n) is 9.76. The molecule has 1 saturated heterocycles. The molecule has 1 aliphatic heterocycles. The summed E-state index contributed by atoms with van der Waals surface area (Å²) in [5, 5.41) is 3.88. The van der Waals surface area contributed by atoms with Gasteiger partial charge in [-0.1, -0.05) is 29.8 Å². The highest BCUT2D eigenvalue weighted by atomic mass is 32.1. The third-order valence-corrected chi connectivity index (χ3v) is 7.32. The van der Waals surface area contributed by atoms with E-state index in [1.54, 1.807) is 23.0 Å². The van der Waals surface area contributed by atoms with Gasteiger partial charge in [-0.15, -0.1) is 0 Å². The number of rotatable bonds is 6. The number of aromatic nitrogens is 2. The van der Waals surface area contributed by atoms with E-state index in [1.165, 1.54) is 6.07 Å². The van der Waals surface area contributed by atoms with Crippen LogP contribution >= 0.6 is 12.2 Å². The van der Waals surface area contributed by atoms with E-state index >= 15 is 0 Å². The highest BCUT2D eigenvalue weighted by Gasteiger charge is 2.42. The molecule has 206 valence electrons. The number of halogens is 3. The Bertz CT molecular complexity index is 1670. The van der Waals surface area contributed by atoms with Gasteiger partial charge in [0.05, 0.1) is 17.3 Å². The van der Waals surface area contributed by atoms with Crippen LogP contribution in [0.5, 0.6) is 11.5 Å². The lowest BCUT2D eigenvalue weighted by Crippen LogP contribution is -2.30. The molecule has 0 bridgehead atoms. The van der Waals surface area contributed by atoms with Crippen molar-refractivity contribution in [3.63, 3.8) is 0 Å². The van der Waals surface area contributed by atoms with Gasteiger partial charge in [0.15, 0.2) is 5.11 Å². The fraction of sp³-hybridized carbons (Fsp3) is 0.125. The van der Waals surface area contributed by atoms with Crippen molar-refractivity contribution < 1.29 is 17.9 Å². The van der Waals surface area contributed by atoms with E-state index < -0.39 is 17.8 Å². The predicted octanol–water partition coefficient (Wildman–Crippen LogP) is 8.17. The Morgan fingerprint density at radius 2 is 1.56 bits per heavy atom. The lowest BCUT2D eigenvalue weighted by molar-refractivity contribution is -0.137. The number of thiocarbonyl (C=S) groups is 1. The first kappa shape index (κ1) is 26.6. The maximum absolute atomic E-state index is 13.6. The van der Waals surface area contributed by atoms with Crippen LogP contribution in [-0.4, -0.2) is 14.7 Å². The van der Waals surface area contributed by atoms with E-state index in [0.717, 1.165) is 40.5 Å². The summed E-state index contributed by atoms with van der Waals surface area (Å²) in [6, 6.07) is 29.3. The molecule has 0 amide bonds. The first-order valence-electron chi connectivity index (χ1n) is 13.0. The third-order valence-electron chi connectivity index (χ3n) is 7.00. The fourth-order valence-corrected chi connectivity index (χ4v) is 5.40. The molecule has 0 unspecified atom stereocenters. The number of nitrogens with one attached hydrogen (secondary N) is 1. The molecule has 3 aromatic carbocycles. The van der Waals surface area contributed by atoms with E-state index in [9.17, 15) is 13.2 Å². The van der Waals surface area contributed by atoms with Crippen LogP contribution < -0.4 is 15.0 Å². The van der Waals surface area contributed by atoms with Gasteiger partial charge < -0.3 is 19.5 Å². The monoisotopic (exact) mass is 570 g/mol. The lowest BCUT2D eigenvalue weighted by atomic mass is 10.0. The van der Waals surface area contributed by atoms with Crippen molar-refractivity contribution in [2.75, 3.05) is 4.90 Å². The van der Waals surface area contributed by atoms with Gasteiger partial charge in [-0.3, -0.25) is 4.98 Å². The number of aryl methyl sites for hydroxylation is 1. The highest BCUT2D eigenvalue weighted by molar-refractivity contribution is 7.80. The van der Waals surface area contributed by atoms with E-state index in [-0.39, 0.29) is 6.04 Å². The first-order valence-corrected chi connectivity index (χ1v) is 13.4. The average Bonchev–Trinajstić information content (AvgIpc) is 3.59.